The van der Waals surface area contributed by atoms with Gasteiger partial charge in [-0.1, -0.05) is 22.0 Å². The van der Waals surface area contributed by atoms with Gasteiger partial charge in [0.2, 0.25) is 0 Å². The number of benzene rings is 1. The van der Waals surface area contributed by atoms with E-state index in [2.05, 4.69) is 45.1 Å². The Hall–Kier alpha value is -0.360. The number of nitrogens with zero attached hydrogens (tertiary/aromatic N) is 1. The number of rotatable bonds is 3. The Balaban J connectivity index is 3.17. The summed E-state index contributed by atoms with van der Waals surface area (Å²) in [6.45, 7) is 10.4. The van der Waals surface area contributed by atoms with Crippen LogP contribution in [0.3, 0.4) is 0 Å². The molecule has 0 bridgehead atoms. The molecule has 0 spiro atoms. The summed E-state index contributed by atoms with van der Waals surface area (Å²) >= 11 is 5.60. The van der Waals surface area contributed by atoms with Gasteiger partial charge in [-0.05, 0) is 61.6 Å². The molecule has 0 saturated heterocycles. The van der Waals surface area contributed by atoms with Crippen molar-refractivity contribution in [3.8, 4) is 0 Å². The van der Waals surface area contributed by atoms with Gasteiger partial charge < -0.3 is 4.90 Å². The minimum atomic E-state index is -0.226. The molecule has 98 valence electrons. The fourth-order valence-corrected chi connectivity index (χ4v) is 2.52. The molecule has 0 heterocycles. The van der Waals surface area contributed by atoms with Crippen molar-refractivity contribution in [3.63, 3.8) is 0 Å². The molecular formula is C14H17BrINO. The average Bonchev–Trinajstić information content (AvgIpc) is 2.27. The molecule has 1 amide bonds. The van der Waals surface area contributed by atoms with Crippen molar-refractivity contribution < 1.29 is 4.79 Å². The molecule has 1 aromatic carbocycles. The quantitative estimate of drug-likeness (QED) is 0.520. The minimum absolute atomic E-state index is 0.0353. The van der Waals surface area contributed by atoms with E-state index in [1.165, 1.54) is 0 Å². The van der Waals surface area contributed by atoms with Gasteiger partial charge in [-0.2, -0.15) is 0 Å². The summed E-state index contributed by atoms with van der Waals surface area (Å²) < 4.78 is 1.87. The second-order valence-corrected chi connectivity index (χ2v) is 7.08. The topological polar surface area (TPSA) is 20.3 Å². The van der Waals surface area contributed by atoms with Gasteiger partial charge in [0.15, 0.2) is 0 Å². The number of amides is 1. The van der Waals surface area contributed by atoms with Crippen LogP contribution in [0.1, 0.15) is 31.1 Å². The van der Waals surface area contributed by atoms with Gasteiger partial charge in [0.25, 0.3) is 5.91 Å². The third-order valence-electron chi connectivity index (χ3n) is 2.53. The van der Waals surface area contributed by atoms with Gasteiger partial charge in [0, 0.05) is 20.1 Å². The SMILES string of the molecule is C=CCN(C(=O)c1cc(Br)ccc1I)C(C)(C)C. The molecule has 1 rings (SSSR count). The molecular weight excluding hydrogens is 405 g/mol. The Labute approximate surface area is 131 Å². The number of hydrogen-bond donors (Lipinski definition) is 0. The summed E-state index contributed by atoms with van der Waals surface area (Å²) in [7, 11) is 0. The van der Waals surface area contributed by atoms with Crippen molar-refractivity contribution in [3.05, 3.63) is 44.5 Å². The van der Waals surface area contributed by atoms with Crippen LogP contribution < -0.4 is 0 Å². The van der Waals surface area contributed by atoms with Gasteiger partial charge in [0.05, 0.1) is 5.56 Å². The van der Waals surface area contributed by atoms with Gasteiger partial charge in [-0.15, -0.1) is 6.58 Å². The molecule has 0 unspecified atom stereocenters. The van der Waals surface area contributed by atoms with Crippen LogP contribution in [0.15, 0.2) is 35.3 Å². The first kappa shape index (κ1) is 15.7. The van der Waals surface area contributed by atoms with Crippen LogP contribution in [-0.2, 0) is 0 Å². The molecule has 1 aromatic rings. The molecule has 2 nitrogen and oxygen atoms in total. The average molecular weight is 422 g/mol. The van der Waals surface area contributed by atoms with Crippen molar-refractivity contribution in [2.24, 2.45) is 0 Å². The van der Waals surface area contributed by atoms with Crippen molar-refractivity contribution in [2.75, 3.05) is 6.54 Å². The van der Waals surface area contributed by atoms with Gasteiger partial charge in [0.1, 0.15) is 0 Å². The van der Waals surface area contributed by atoms with E-state index in [0.717, 1.165) is 13.6 Å². The molecule has 0 saturated carbocycles. The third-order valence-corrected chi connectivity index (χ3v) is 3.96. The highest BCUT2D eigenvalue weighted by Gasteiger charge is 2.27. The van der Waals surface area contributed by atoms with Crippen molar-refractivity contribution >= 4 is 44.4 Å². The van der Waals surface area contributed by atoms with Gasteiger partial charge in [-0.3, -0.25) is 4.79 Å². The molecule has 0 aliphatic heterocycles. The summed E-state index contributed by atoms with van der Waals surface area (Å²) in [5.41, 5.74) is 0.498. The van der Waals surface area contributed by atoms with Crippen LogP contribution in [0.2, 0.25) is 0 Å². The maximum Gasteiger partial charge on any atom is 0.255 e. The Kier molecular flexibility index (Phi) is 5.40. The lowest BCUT2D eigenvalue weighted by atomic mass is 10.0. The van der Waals surface area contributed by atoms with Gasteiger partial charge >= 0.3 is 0 Å². The molecule has 18 heavy (non-hydrogen) atoms. The molecule has 0 aliphatic rings. The molecule has 0 aromatic heterocycles. The summed E-state index contributed by atoms with van der Waals surface area (Å²) in [6.07, 6.45) is 1.76. The van der Waals surface area contributed by atoms with Crippen LogP contribution in [0.25, 0.3) is 0 Å². The second kappa shape index (κ2) is 6.19. The summed E-state index contributed by atoms with van der Waals surface area (Å²) in [5, 5.41) is 0. The van der Waals surface area contributed by atoms with E-state index in [9.17, 15) is 4.79 Å². The number of hydrogen-bond acceptors (Lipinski definition) is 1. The number of halogens is 2. The fourth-order valence-electron chi connectivity index (χ4n) is 1.60. The lowest BCUT2D eigenvalue weighted by Gasteiger charge is -2.35. The maximum atomic E-state index is 12.6. The van der Waals surface area contributed by atoms with Crippen molar-refractivity contribution in [1.82, 2.24) is 4.90 Å². The zero-order valence-corrected chi connectivity index (χ0v) is 14.6. The predicted molar refractivity (Wildman–Crippen MR) is 87.8 cm³/mol. The molecule has 0 N–H and O–H groups in total. The molecule has 0 aliphatic carbocycles. The highest BCUT2D eigenvalue weighted by Crippen LogP contribution is 2.23. The largest absolute Gasteiger partial charge is 0.330 e. The van der Waals surface area contributed by atoms with Crippen molar-refractivity contribution in [2.45, 2.75) is 26.3 Å². The van der Waals surface area contributed by atoms with E-state index in [0.29, 0.717) is 6.54 Å². The standard InChI is InChI=1S/C14H17BrINO/c1-5-8-17(14(2,3)4)13(18)11-9-10(15)6-7-12(11)16/h5-7,9H,1,8H2,2-4H3. The van der Waals surface area contributed by atoms with Crippen LogP contribution in [0.5, 0.6) is 0 Å². The first-order valence-corrected chi connectivity index (χ1v) is 7.52. The number of carbonyl (C=O) groups excluding carboxylic acids is 1. The predicted octanol–water partition coefficient (Wildman–Crippen LogP) is 4.48. The second-order valence-electron chi connectivity index (χ2n) is 5.00. The Bertz CT molecular complexity index is 465. The van der Waals surface area contributed by atoms with E-state index < -0.39 is 0 Å². The van der Waals surface area contributed by atoms with Crippen LogP contribution >= 0.6 is 38.5 Å². The van der Waals surface area contributed by atoms with E-state index in [4.69, 9.17) is 0 Å². The number of carbonyl (C=O) groups is 1. The zero-order chi connectivity index (χ0) is 13.9. The molecule has 0 fully saturated rings. The maximum absolute atomic E-state index is 12.6. The minimum Gasteiger partial charge on any atom is -0.330 e. The van der Waals surface area contributed by atoms with Crippen LogP contribution in [0.4, 0.5) is 0 Å². The Morgan fingerprint density at radius 1 is 1.50 bits per heavy atom. The summed E-state index contributed by atoms with van der Waals surface area (Å²) in [5.74, 6) is 0.0353. The molecule has 4 heteroatoms. The monoisotopic (exact) mass is 421 g/mol. The summed E-state index contributed by atoms with van der Waals surface area (Å²) in [6, 6.07) is 5.74. The highest BCUT2D eigenvalue weighted by atomic mass is 127. The normalized spacial score (nSPS) is 11.2. The Morgan fingerprint density at radius 3 is 2.61 bits per heavy atom. The Morgan fingerprint density at radius 2 is 2.11 bits per heavy atom. The molecule has 0 atom stereocenters. The van der Waals surface area contributed by atoms with E-state index >= 15 is 0 Å². The third kappa shape index (κ3) is 3.82. The van der Waals surface area contributed by atoms with Crippen molar-refractivity contribution in [1.29, 1.82) is 0 Å². The fraction of sp³-hybridized carbons (Fsp3) is 0.357. The smallest absolute Gasteiger partial charge is 0.255 e. The van der Waals surface area contributed by atoms with Crippen LogP contribution in [-0.4, -0.2) is 22.9 Å². The first-order valence-electron chi connectivity index (χ1n) is 5.65. The zero-order valence-electron chi connectivity index (χ0n) is 10.8. The van der Waals surface area contributed by atoms with E-state index in [-0.39, 0.29) is 11.4 Å². The van der Waals surface area contributed by atoms with E-state index in [1.807, 2.05) is 43.9 Å². The lowest BCUT2D eigenvalue weighted by molar-refractivity contribution is 0.0615. The first-order chi connectivity index (χ1) is 8.27. The lowest BCUT2D eigenvalue weighted by Crippen LogP contribution is -2.45. The van der Waals surface area contributed by atoms with Crippen LogP contribution in [0, 0.1) is 3.57 Å². The highest BCUT2D eigenvalue weighted by molar-refractivity contribution is 14.1. The van der Waals surface area contributed by atoms with Gasteiger partial charge in [-0.25, -0.2) is 0 Å². The summed E-state index contributed by atoms with van der Waals surface area (Å²) in [4.78, 5) is 14.4. The molecule has 0 radical (unpaired) electrons. The van der Waals surface area contributed by atoms with E-state index in [1.54, 1.807) is 6.08 Å².